The van der Waals surface area contributed by atoms with E-state index in [1.54, 1.807) is 30.4 Å². The molecule has 2 aromatic heterocycles. The van der Waals surface area contributed by atoms with Crippen LogP contribution in [0.15, 0.2) is 36.8 Å². The summed E-state index contributed by atoms with van der Waals surface area (Å²) in [5.74, 6) is 0.833. The molecule has 3 rings (SSSR count). The van der Waals surface area contributed by atoms with Gasteiger partial charge < -0.3 is 4.74 Å². The predicted octanol–water partition coefficient (Wildman–Crippen LogP) is 2.35. The van der Waals surface area contributed by atoms with Gasteiger partial charge in [-0.1, -0.05) is 5.21 Å². The highest BCUT2D eigenvalue weighted by Gasteiger charge is 2.12. The Morgan fingerprint density at radius 2 is 1.90 bits per heavy atom. The quantitative estimate of drug-likeness (QED) is 0.737. The van der Waals surface area contributed by atoms with Crippen LogP contribution in [0, 0.1) is 13.8 Å². The molecule has 0 saturated heterocycles. The Labute approximate surface area is 122 Å². The monoisotopic (exact) mass is 281 g/mol. The minimum absolute atomic E-state index is 0.833. The van der Waals surface area contributed by atoms with Gasteiger partial charge in [-0.15, -0.1) is 5.10 Å². The van der Waals surface area contributed by atoms with Gasteiger partial charge in [-0.05, 0) is 37.1 Å². The predicted molar refractivity (Wildman–Crippen MR) is 78.4 cm³/mol. The molecule has 3 aromatic rings. The molecule has 0 aliphatic carbocycles. The van der Waals surface area contributed by atoms with Crippen molar-refractivity contribution in [2.45, 2.75) is 13.8 Å². The molecule has 1 aromatic carbocycles. The van der Waals surface area contributed by atoms with E-state index >= 15 is 0 Å². The Morgan fingerprint density at radius 3 is 2.62 bits per heavy atom. The average molecular weight is 281 g/mol. The van der Waals surface area contributed by atoms with Crippen molar-refractivity contribution in [2.75, 3.05) is 7.11 Å². The van der Waals surface area contributed by atoms with Crippen molar-refractivity contribution in [3.8, 4) is 22.7 Å². The van der Waals surface area contributed by atoms with Gasteiger partial charge in [0.2, 0.25) is 0 Å². The van der Waals surface area contributed by atoms with Gasteiger partial charge in [-0.25, -0.2) is 4.68 Å². The third-order valence-electron chi connectivity index (χ3n) is 3.50. The Bertz CT molecular complexity index is 767. The van der Waals surface area contributed by atoms with E-state index in [2.05, 4.69) is 26.6 Å². The Hall–Kier alpha value is -2.76. The van der Waals surface area contributed by atoms with Crippen molar-refractivity contribution in [3.05, 3.63) is 47.9 Å². The number of hydrogen-bond donors (Lipinski definition) is 0. The summed E-state index contributed by atoms with van der Waals surface area (Å²) in [5, 5.41) is 15.9. The molecule has 0 fully saturated rings. The SMILES string of the molecule is COc1cc(-n2nncc2-c2ccnnc2)cc(C)c1C. The topological polar surface area (TPSA) is 65.7 Å². The van der Waals surface area contributed by atoms with Gasteiger partial charge in [0.15, 0.2) is 0 Å². The van der Waals surface area contributed by atoms with Crippen molar-refractivity contribution >= 4 is 0 Å². The van der Waals surface area contributed by atoms with Crippen LogP contribution in [0.5, 0.6) is 5.75 Å². The van der Waals surface area contributed by atoms with Crippen LogP contribution in [-0.2, 0) is 0 Å². The zero-order valence-corrected chi connectivity index (χ0v) is 12.1. The number of aromatic nitrogens is 5. The summed E-state index contributed by atoms with van der Waals surface area (Å²) in [6.45, 7) is 4.08. The number of rotatable bonds is 3. The van der Waals surface area contributed by atoms with Gasteiger partial charge in [0.25, 0.3) is 0 Å². The molecule has 0 amide bonds. The molecular weight excluding hydrogens is 266 g/mol. The maximum atomic E-state index is 5.43. The number of benzene rings is 1. The maximum Gasteiger partial charge on any atom is 0.124 e. The second kappa shape index (κ2) is 5.32. The molecule has 0 atom stereocenters. The van der Waals surface area contributed by atoms with E-state index in [1.807, 2.05) is 26.0 Å². The summed E-state index contributed by atoms with van der Waals surface area (Å²) < 4.78 is 7.20. The Kier molecular flexibility index (Phi) is 3.35. The van der Waals surface area contributed by atoms with Crippen LogP contribution in [0.25, 0.3) is 16.9 Å². The highest BCUT2D eigenvalue weighted by molar-refractivity contribution is 5.60. The van der Waals surface area contributed by atoms with Crippen LogP contribution < -0.4 is 4.74 Å². The van der Waals surface area contributed by atoms with Crippen LogP contribution in [0.4, 0.5) is 0 Å². The number of methoxy groups -OCH3 is 1. The first-order valence-corrected chi connectivity index (χ1v) is 6.54. The van der Waals surface area contributed by atoms with E-state index in [-0.39, 0.29) is 0 Å². The van der Waals surface area contributed by atoms with Gasteiger partial charge >= 0.3 is 0 Å². The normalized spacial score (nSPS) is 10.6. The maximum absolute atomic E-state index is 5.43. The summed E-state index contributed by atoms with van der Waals surface area (Å²) in [5.41, 5.74) is 4.92. The third kappa shape index (κ3) is 2.35. The first kappa shape index (κ1) is 13.2. The zero-order chi connectivity index (χ0) is 14.8. The number of ether oxygens (including phenoxy) is 1. The molecule has 2 heterocycles. The molecule has 0 N–H and O–H groups in total. The molecule has 6 nitrogen and oxygen atoms in total. The highest BCUT2D eigenvalue weighted by atomic mass is 16.5. The molecule has 0 unspecified atom stereocenters. The van der Waals surface area contributed by atoms with E-state index in [1.165, 1.54) is 0 Å². The van der Waals surface area contributed by atoms with E-state index in [0.29, 0.717) is 0 Å². The van der Waals surface area contributed by atoms with Gasteiger partial charge in [0.1, 0.15) is 5.75 Å². The molecule has 0 radical (unpaired) electrons. The molecule has 0 aliphatic heterocycles. The van der Waals surface area contributed by atoms with E-state index in [9.17, 15) is 0 Å². The zero-order valence-electron chi connectivity index (χ0n) is 12.1. The first-order valence-electron chi connectivity index (χ1n) is 6.54. The fourth-order valence-electron chi connectivity index (χ4n) is 2.21. The van der Waals surface area contributed by atoms with Crippen LogP contribution in [-0.4, -0.2) is 32.3 Å². The lowest BCUT2D eigenvalue weighted by Gasteiger charge is -2.12. The van der Waals surface area contributed by atoms with Crippen molar-refractivity contribution < 1.29 is 4.74 Å². The van der Waals surface area contributed by atoms with Crippen molar-refractivity contribution in [1.29, 1.82) is 0 Å². The summed E-state index contributed by atoms with van der Waals surface area (Å²) in [4.78, 5) is 0. The summed E-state index contributed by atoms with van der Waals surface area (Å²) in [6, 6.07) is 5.89. The van der Waals surface area contributed by atoms with Crippen molar-refractivity contribution in [1.82, 2.24) is 25.2 Å². The molecule has 0 bridgehead atoms. The lowest BCUT2D eigenvalue weighted by molar-refractivity contribution is 0.411. The molecule has 0 aliphatic rings. The van der Waals surface area contributed by atoms with Gasteiger partial charge in [0.05, 0.1) is 37.1 Å². The Balaban J connectivity index is 2.15. The summed E-state index contributed by atoms with van der Waals surface area (Å²) in [6.07, 6.45) is 5.04. The van der Waals surface area contributed by atoms with Crippen molar-refractivity contribution in [2.24, 2.45) is 0 Å². The van der Waals surface area contributed by atoms with Crippen LogP contribution in [0.3, 0.4) is 0 Å². The number of nitrogens with zero attached hydrogens (tertiary/aromatic N) is 5. The highest BCUT2D eigenvalue weighted by Crippen LogP contribution is 2.27. The summed E-state index contributed by atoms with van der Waals surface area (Å²) in [7, 11) is 1.67. The van der Waals surface area contributed by atoms with Crippen molar-refractivity contribution in [3.63, 3.8) is 0 Å². The van der Waals surface area contributed by atoms with Gasteiger partial charge in [-0.3, -0.25) is 0 Å². The fourth-order valence-corrected chi connectivity index (χ4v) is 2.21. The molecule has 21 heavy (non-hydrogen) atoms. The second-order valence-electron chi connectivity index (χ2n) is 4.75. The van der Waals surface area contributed by atoms with Gasteiger partial charge in [-0.2, -0.15) is 10.2 Å². The molecule has 6 heteroatoms. The standard InChI is InChI=1S/C15H15N5O/c1-10-6-13(7-15(21-3)11(10)2)20-14(9-18-19-20)12-4-5-16-17-8-12/h4-9H,1-3H3. The minimum Gasteiger partial charge on any atom is -0.496 e. The largest absolute Gasteiger partial charge is 0.496 e. The minimum atomic E-state index is 0.833. The average Bonchev–Trinajstić information content (AvgIpc) is 3.00. The number of aryl methyl sites for hydroxylation is 1. The fraction of sp³-hybridized carbons (Fsp3) is 0.200. The van der Waals surface area contributed by atoms with Crippen LogP contribution in [0.2, 0.25) is 0 Å². The smallest absolute Gasteiger partial charge is 0.124 e. The van der Waals surface area contributed by atoms with E-state index < -0.39 is 0 Å². The third-order valence-corrected chi connectivity index (χ3v) is 3.50. The molecule has 106 valence electrons. The second-order valence-corrected chi connectivity index (χ2v) is 4.75. The van der Waals surface area contributed by atoms with Crippen LogP contribution in [0.1, 0.15) is 11.1 Å². The molecule has 0 spiro atoms. The molecular formula is C15H15N5O. The van der Waals surface area contributed by atoms with Gasteiger partial charge in [0, 0.05) is 11.6 Å². The lowest BCUT2D eigenvalue weighted by Crippen LogP contribution is -2.02. The van der Waals surface area contributed by atoms with Crippen LogP contribution >= 0.6 is 0 Å². The number of hydrogen-bond acceptors (Lipinski definition) is 5. The molecule has 0 saturated carbocycles. The lowest BCUT2D eigenvalue weighted by atomic mass is 10.1. The van der Waals surface area contributed by atoms with E-state index in [4.69, 9.17) is 4.74 Å². The Morgan fingerprint density at radius 1 is 1.05 bits per heavy atom. The summed E-state index contributed by atoms with van der Waals surface area (Å²) >= 11 is 0. The van der Waals surface area contributed by atoms with E-state index in [0.717, 1.165) is 33.8 Å². The first-order chi connectivity index (χ1) is 10.2.